The van der Waals surface area contributed by atoms with Crippen molar-refractivity contribution in [3.05, 3.63) is 65.8 Å². The SMILES string of the molecule is C=CCNS(=O)(=O)Cc1ccc(NC(=O)C2CCN(c3ccc(Cl)cn3)CC2)cc1. The van der Waals surface area contributed by atoms with E-state index in [1.807, 2.05) is 12.1 Å². The van der Waals surface area contributed by atoms with Crippen LogP contribution < -0.4 is 14.9 Å². The molecule has 9 heteroatoms. The second-order valence-electron chi connectivity index (χ2n) is 7.18. The summed E-state index contributed by atoms with van der Waals surface area (Å²) in [6.45, 7) is 5.19. The molecule has 0 spiro atoms. The van der Waals surface area contributed by atoms with E-state index in [1.165, 1.54) is 6.08 Å². The van der Waals surface area contributed by atoms with Crippen LogP contribution in [0.3, 0.4) is 0 Å². The number of hydrogen-bond acceptors (Lipinski definition) is 5. The molecular weight excluding hydrogens is 424 g/mol. The largest absolute Gasteiger partial charge is 0.357 e. The molecule has 1 aliphatic heterocycles. The Balaban J connectivity index is 1.50. The Hall–Kier alpha value is -2.42. The van der Waals surface area contributed by atoms with E-state index in [0.717, 1.165) is 31.7 Å². The summed E-state index contributed by atoms with van der Waals surface area (Å²) in [7, 11) is -3.41. The molecule has 7 nitrogen and oxygen atoms in total. The van der Waals surface area contributed by atoms with Crippen molar-refractivity contribution in [1.82, 2.24) is 9.71 Å². The summed E-state index contributed by atoms with van der Waals surface area (Å²) in [4.78, 5) is 19.1. The summed E-state index contributed by atoms with van der Waals surface area (Å²) < 4.78 is 26.3. The van der Waals surface area contributed by atoms with Crippen molar-refractivity contribution in [2.45, 2.75) is 18.6 Å². The van der Waals surface area contributed by atoms with Crippen LogP contribution >= 0.6 is 11.6 Å². The number of carbonyl (C=O) groups is 1. The number of anilines is 2. The summed E-state index contributed by atoms with van der Waals surface area (Å²) in [5.41, 5.74) is 1.30. The molecule has 30 heavy (non-hydrogen) atoms. The molecule has 2 aromatic rings. The molecular formula is C21H25ClN4O3S. The van der Waals surface area contributed by atoms with Crippen molar-refractivity contribution in [1.29, 1.82) is 0 Å². The lowest BCUT2D eigenvalue weighted by Gasteiger charge is -2.32. The lowest BCUT2D eigenvalue weighted by atomic mass is 9.95. The molecule has 3 rings (SSSR count). The predicted octanol–water partition coefficient (Wildman–Crippen LogP) is 3.20. The molecule has 1 aliphatic rings. The van der Waals surface area contributed by atoms with Gasteiger partial charge in [0.25, 0.3) is 0 Å². The lowest BCUT2D eigenvalue weighted by Crippen LogP contribution is -2.38. The predicted molar refractivity (Wildman–Crippen MR) is 120 cm³/mol. The first-order valence-electron chi connectivity index (χ1n) is 9.71. The van der Waals surface area contributed by atoms with Crippen molar-refractivity contribution in [2.24, 2.45) is 5.92 Å². The molecule has 1 aromatic heterocycles. The van der Waals surface area contributed by atoms with Crippen LogP contribution in [-0.2, 0) is 20.6 Å². The van der Waals surface area contributed by atoms with E-state index in [1.54, 1.807) is 30.5 Å². The smallest absolute Gasteiger partial charge is 0.227 e. The summed E-state index contributed by atoms with van der Waals surface area (Å²) in [5, 5.41) is 3.53. The van der Waals surface area contributed by atoms with Crippen molar-refractivity contribution in [2.75, 3.05) is 29.9 Å². The van der Waals surface area contributed by atoms with E-state index in [4.69, 9.17) is 11.6 Å². The Labute approximate surface area is 182 Å². The average Bonchev–Trinajstić information content (AvgIpc) is 2.74. The molecule has 1 aromatic carbocycles. The van der Waals surface area contributed by atoms with Gasteiger partial charge in [-0.3, -0.25) is 4.79 Å². The fourth-order valence-corrected chi connectivity index (χ4v) is 4.53. The highest BCUT2D eigenvalue weighted by atomic mass is 35.5. The topological polar surface area (TPSA) is 91.4 Å². The molecule has 160 valence electrons. The van der Waals surface area contributed by atoms with Gasteiger partial charge in [0, 0.05) is 37.4 Å². The number of hydrogen-bond donors (Lipinski definition) is 2. The van der Waals surface area contributed by atoms with E-state index < -0.39 is 10.0 Å². The number of nitrogens with one attached hydrogen (secondary N) is 2. The van der Waals surface area contributed by atoms with Crippen LogP contribution in [-0.4, -0.2) is 38.9 Å². The van der Waals surface area contributed by atoms with E-state index in [0.29, 0.717) is 16.3 Å². The minimum atomic E-state index is -3.41. The third-order valence-corrected chi connectivity index (χ3v) is 6.47. The highest BCUT2D eigenvalue weighted by Crippen LogP contribution is 2.24. The van der Waals surface area contributed by atoms with E-state index in [-0.39, 0.29) is 24.1 Å². The molecule has 0 unspecified atom stereocenters. The van der Waals surface area contributed by atoms with Gasteiger partial charge in [-0.25, -0.2) is 18.1 Å². The van der Waals surface area contributed by atoms with Gasteiger partial charge < -0.3 is 10.2 Å². The molecule has 0 aliphatic carbocycles. The molecule has 2 N–H and O–H groups in total. The zero-order chi connectivity index (χ0) is 21.6. The van der Waals surface area contributed by atoms with Gasteiger partial charge in [0.1, 0.15) is 5.82 Å². The maximum atomic E-state index is 12.6. The molecule has 0 saturated carbocycles. The quantitative estimate of drug-likeness (QED) is 0.605. The second kappa shape index (κ2) is 10.1. The Kier molecular flexibility index (Phi) is 7.47. The van der Waals surface area contributed by atoms with Gasteiger partial charge in [0.2, 0.25) is 15.9 Å². The van der Waals surface area contributed by atoms with Crippen LogP contribution in [0.4, 0.5) is 11.5 Å². The third kappa shape index (κ3) is 6.29. The zero-order valence-corrected chi connectivity index (χ0v) is 18.1. The first-order chi connectivity index (χ1) is 14.4. The molecule has 1 saturated heterocycles. The summed E-state index contributed by atoms with van der Waals surface area (Å²) in [6.07, 6.45) is 4.59. The van der Waals surface area contributed by atoms with Crippen LogP contribution in [0.15, 0.2) is 55.3 Å². The number of amides is 1. The molecule has 0 atom stereocenters. The summed E-state index contributed by atoms with van der Waals surface area (Å²) in [5.74, 6) is 0.654. The first-order valence-corrected chi connectivity index (χ1v) is 11.7. The minimum Gasteiger partial charge on any atom is -0.357 e. The molecule has 1 fully saturated rings. The van der Waals surface area contributed by atoms with Crippen LogP contribution in [0.5, 0.6) is 0 Å². The van der Waals surface area contributed by atoms with Gasteiger partial charge in [-0.2, -0.15) is 0 Å². The van der Waals surface area contributed by atoms with Gasteiger partial charge in [0.05, 0.1) is 10.8 Å². The van der Waals surface area contributed by atoms with Crippen molar-refractivity contribution in [3.63, 3.8) is 0 Å². The van der Waals surface area contributed by atoms with Crippen molar-refractivity contribution >= 4 is 39.0 Å². The van der Waals surface area contributed by atoms with Crippen LogP contribution in [0.25, 0.3) is 0 Å². The Bertz CT molecular complexity index is 970. The highest BCUT2D eigenvalue weighted by molar-refractivity contribution is 7.88. The monoisotopic (exact) mass is 448 g/mol. The first kappa shape index (κ1) is 22.3. The van der Waals surface area contributed by atoms with E-state index in [2.05, 4.69) is 26.5 Å². The number of benzene rings is 1. The third-order valence-electron chi connectivity index (χ3n) is 4.93. The second-order valence-corrected chi connectivity index (χ2v) is 9.42. The molecule has 0 bridgehead atoms. The summed E-state index contributed by atoms with van der Waals surface area (Å²) >= 11 is 5.88. The Morgan fingerprint density at radius 2 is 1.90 bits per heavy atom. The minimum absolute atomic E-state index is 0.0215. The number of carbonyl (C=O) groups excluding carboxylic acids is 1. The van der Waals surface area contributed by atoms with Gasteiger partial charge in [-0.05, 0) is 42.7 Å². The van der Waals surface area contributed by atoms with E-state index in [9.17, 15) is 13.2 Å². The average molecular weight is 449 g/mol. The fraction of sp³-hybridized carbons (Fsp3) is 0.333. The number of sulfonamides is 1. The van der Waals surface area contributed by atoms with Crippen molar-refractivity contribution < 1.29 is 13.2 Å². The summed E-state index contributed by atoms with van der Waals surface area (Å²) in [6, 6.07) is 10.6. The highest BCUT2D eigenvalue weighted by Gasteiger charge is 2.25. The maximum absolute atomic E-state index is 12.6. The van der Waals surface area contributed by atoms with Gasteiger partial charge in [-0.1, -0.05) is 29.8 Å². The number of halogens is 1. The Morgan fingerprint density at radius 1 is 1.20 bits per heavy atom. The lowest BCUT2D eigenvalue weighted by molar-refractivity contribution is -0.120. The number of nitrogens with zero attached hydrogens (tertiary/aromatic N) is 2. The molecule has 0 radical (unpaired) electrons. The van der Waals surface area contributed by atoms with Crippen LogP contribution in [0.1, 0.15) is 18.4 Å². The Morgan fingerprint density at radius 3 is 2.50 bits per heavy atom. The molecule has 1 amide bonds. The van der Waals surface area contributed by atoms with E-state index >= 15 is 0 Å². The number of pyridine rings is 1. The van der Waals surface area contributed by atoms with Crippen LogP contribution in [0, 0.1) is 5.92 Å². The molecule has 2 heterocycles. The zero-order valence-electron chi connectivity index (χ0n) is 16.6. The fourth-order valence-electron chi connectivity index (χ4n) is 3.31. The van der Waals surface area contributed by atoms with Crippen LogP contribution in [0.2, 0.25) is 5.02 Å². The standard InChI is InChI=1S/C21H25ClN4O3S/c1-2-11-24-30(28,29)15-16-3-6-19(7-4-16)25-21(27)17-9-12-26(13-10-17)20-8-5-18(22)14-23-20/h2-8,14,17,24H,1,9-13,15H2,(H,25,27). The number of piperidine rings is 1. The van der Waals surface area contributed by atoms with Gasteiger partial charge in [-0.15, -0.1) is 6.58 Å². The van der Waals surface area contributed by atoms with Gasteiger partial charge >= 0.3 is 0 Å². The van der Waals surface area contributed by atoms with Gasteiger partial charge in [0.15, 0.2) is 0 Å². The van der Waals surface area contributed by atoms with Crippen molar-refractivity contribution in [3.8, 4) is 0 Å². The maximum Gasteiger partial charge on any atom is 0.227 e. The number of rotatable bonds is 8. The number of aromatic nitrogens is 1. The normalized spacial score (nSPS) is 15.0.